The first-order valence-electron chi connectivity index (χ1n) is 23.6. The third kappa shape index (κ3) is 90.2. The van der Waals surface area contributed by atoms with Gasteiger partial charge >= 0.3 is 0 Å². The molecular weight excluding hydrogens is 761 g/mol. The highest BCUT2D eigenvalue weighted by Crippen LogP contribution is 2.15. The van der Waals surface area contributed by atoms with E-state index in [0.29, 0.717) is 0 Å². The molecule has 2 fully saturated rings. The van der Waals surface area contributed by atoms with Crippen molar-refractivity contribution < 1.29 is 13.9 Å². The van der Waals surface area contributed by atoms with Gasteiger partial charge in [0.25, 0.3) is 0 Å². The lowest BCUT2D eigenvalue weighted by Gasteiger charge is -2.05. The summed E-state index contributed by atoms with van der Waals surface area (Å²) in [6, 6.07) is 17.7. The maximum atomic E-state index is 10.1. The lowest BCUT2D eigenvalue weighted by molar-refractivity contribution is -0.119. The number of benzene rings is 1. The van der Waals surface area contributed by atoms with Crippen LogP contribution in [0.2, 0.25) is 0 Å². The monoisotopic (exact) mass is 859 g/mol. The number of aromatic nitrogens is 3. The van der Waals surface area contributed by atoms with Gasteiger partial charge in [-0.3, -0.25) is 14.8 Å². The molecule has 1 saturated heterocycles. The minimum absolute atomic E-state index is 0.204. The highest BCUT2D eigenvalue weighted by atomic mass is 32.1. The van der Waals surface area contributed by atoms with Crippen molar-refractivity contribution in [3.63, 3.8) is 0 Å². The average molecular weight is 859 g/mol. The number of hydrogen-bond donors (Lipinski definition) is 1. The Balaban J connectivity index is -0.0000000820. The van der Waals surface area contributed by atoms with E-state index in [4.69, 9.17) is 4.74 Å². The maximum absolute atomic E-state index is 10.1. The minimum atomic E-state index is 0.204. The maximum Gasteiger partial charge on any atom is 0.220 e. The second-order valence-corrected chi connectivity index (χ2v) is 10.3. The first-order valence-corrected chi connectivity index (χ1v) is 24.5. The third-order valence-electron chi connectivity index (χ3n) is 5.83. The third-order valence-corrected chi connectivity index (χ3v) is 6.36. The molecule has 8 heteroatoms. The predicted octanol–water partition coefficient (Wildman–Crippen LogP) is 17.7. The van der Waals surface area contributed by atoms with E-state index in [0.717, 1.165) is 32.4 Å². The van der Waals surface area contributed by atoms with Crippen LogP contribution in [-0.4, -0.2) is 34.0 Å². The van der Waals surface area contributed by atoms with Crippen molar-refractivity contribution in [1.29, 1.82) is 0 Å². The molecule has 0 bridgehead atoms. The fourth-order valence-corrected chi connectivity index (χ4v) is 3.96. The van der Waals surface area contributed by atoms with E-state index in [-0.39, 0.29) is 5.91 Å². The Labute approximate surface area is 378 Å². The topological polar surface area (TPSA) is 90.1 Å². The van der Waals surface area contributed by atoms with Crippen LogP contribution in [0.4, 0.5) is 0 Å². The lowest BCUT2D eigenvalue weighted by Crippen LogP contribution is -2.12. The van der Waals surface area contributed by atoms with Crippen LogP contribution in [-0.2, 0) is 9.53 Å². The molecule has 1 saturated carbocycles. The zero-order valence-corrected chi connectivity index (χ0v) is 42.8. The molecule has 8 rings (SSSR count). The molecule has 350 valence electrons. The summed E-state index contributed by atoms with van der Waals surface area (Å²) in [4.78, 5) is 21.2. The van der Waals surface area contributed by atoms with E-state index in [2.05, 4.69) is 36.8 Å². The number of oxazole rings is 1. The Hall–Kier alpha value is -4.04. The van der Waals surface area contributed by atoms with Crippen molar-refractivity contribution >= 4 is 17.2 Å². The Morgan fingerprint density at radius 2 is 0.967 bits per heavy atom. The van der Waals surface area contributed by atoms with Crippen molar-refractivity contribution in [3.05, 3.63) is 127 Å². The van der Waals surface area contributed by atoms with E-state index < -0.39 is 0 Å². The Bertz CT molecular complexity index is 900. The molecule has 60 heavy (non-hydrogen) atoms. The second-order valence-electron chi connectivity index (χ2n) is 9.54. The second kappa shape index (κ2) is 95.4. The first kappa shape index (κ1) is 73.5. The van der Waals surface area contributed by atoms with Gasteiger partial charge in [0.05, 0.1) is 24.6 Å². The number of nitrogens with zero attached hydrogens (tertiary/aromatic N) is 3. The molecular formula is C52H98N4O3S. The molecule has 1 aromatic carbocycles. The average Bonchev–Trinajstić information content (AvgIpc) is 4.25. The molecule has 7 nitrogen and oxygen atoms in total. The number of hydrogen-bond acceptors (Lipinski definition) is 7. The molecule has 2 aliphatic heterocycles. The van der Waals surface area contributed by atoms with Crippen LogP contribution in [0.5, 0.6) is 0 Å². The Kier molecular flexibility index (Phi) is 117. The zero-order chi connectivity index (χ0) is 47.3. The molecule has 4 aliphatic rings. The number of amides is 1. The molecule has 1 N–H and O–H groups in total. The van der Waals surface area contributed by atoms with E-state index in [1.807, 2.05) is 177 Å². The number of ether oxygens (including phenoxy) is 1. The molecule has 1 amide bonds. The molecule has 4 aromatic rings. The normalized spacial score (nSPS) is 11.6. The molecule has 0 spiro atoms. The van der Waals surface area contributed by atoms with Gasteiger partial charge in [-0.25, -0.2) is 4.98 Å². The summed E-state index contributed by atoms with van der Waals surface area (Å²) in [6.45, 7) is 33.8. The minimum Gasteiger partial charge on any atom is -0.501 e. The van der Waals surface area contributed by atoms with Gasteiger partial charge in [0.1, 0.15) is 6.26 Å². The number of thiazole rings is 1. The number of carbonyl (C=O) groups excluding carboxylic acids is 1. The van der Waals surface area contributed by atoms with Crippen LogP contribution in [0.15, 0.2) is 132 Å². The van der Waals surface area contributed by atoms with Gasteiger partial charge in [-0.2, -0.15) is 0 Å². The molecule has 2 aliphatic carbocycles. The Morgan fingerprint density at radius 1 is 0.500 bits per heavy atom. The van der Waals surface area contributed by atoms with Gasteiger partial charge in [0.2, 0.25) is 5.91 Å². The molecule has 0 atom stereocenters. The fourth-order valence-electron chi connectivity index (χ4n) is 3.60. The first-order chi connectivity index (χ1) is 29.9. The molecule has 0 radical (unpaired) electrons. The largest absolute Gasteiger partial charge is 0.501 e. The number of nitrogens with one attached hydrogen (secondary N) is 1. The molecule has 3 aromatic heterocycles. The van der Waals surface area contributed by atoms with Gasteiger partial charge < -0.3 is 14.5 Å². The lowest BCUT2D eigenvalue weighted by atomic mass is 10.0. The van der Waals surface area contributed by atoms with E-state index in [1.54, 1.807) is 47.9 Å². The van der Waals surface area contributed by atoms with Crippen LogP contribution in [0.1, 0.15) is 188 Å². The van der Waals surface area contributed by atoms with Crippen molar-refractivity contribution in [1.82, 2.24) is 20.3 Å². The fraction of sp³-hybridized carbons (Fsp3) is 0.577. The summed E-state index contributed by atoms with van der Waals surface area (Å²) < 4.78 is 9.24. The van der Waals surface area contributed by atoms with E-state index >= 15 is 0 Å². The van der Waals surface area contributed by atoms with Crippen molar-refractivity contribution in [3.8, 4) is 0 Å². The van der Waals surface area contributed by atoms with Crippen molar-refractivity contribution in [2.75, 3.05) is 13.2 Å². The van der Waals surface area contributed by atoms with Gasteiger partial charge in [-0.05, 0) is 43.9 Å². The van der Waals surface area contributed by atoms with E-state index in [9.17, 15) is 4.79 Å². The highest BCUT2D eigenvalue weighted by Gasteiger charge is 2.05. The van der Waals surface area contributed by atoms with Crippen LogP contribution in [0.3, 0.4) is 0 Å². The quantitative estimate of drug-likeness (QED) is 0.177. The smallest absolute Gasteiger partial charge is 0.220 e. The zero-order valence-electron chi connectivity index (χ0n) is 42.0. The van der Waals surface area contributed by atoms with Crippen molar-refractivity contribution in [2.24, 2.45) is 0 Å². The van der Waals surface area contributed by atoms with Gasteiger partial charge in [0, 0.05) is 43.4 Å². The SMILES string of the molecule is C1=CCCC1.C1=COCC1.C1CCCCC1.CC.CC.CC.CC.CC.CC.CC.CC.O=C1CCCN1.c1ccccc1.c1ccncc1.c1cocn1.c1cscn1. The molecule has 5 heterocycles. The number of pyridine rings is 1. The van der Waals surface area contributed by atoms with Gasteiger partial charge in [-0.15, -0.1) is 11.3 Å². The standard InChI is InChI=1S/C6H12.C6H6.C5H5N.C5H8.C4H7NO.C4H6O.C3H3NO.C3H3NS.8C2H6/c3*1-2-4-6-5-3-1;1-2-4-5-3-1;6-4-2-1-3-5-4;1-2-4-5-3-1;2*1-2-5-3-4-1;8*1-2/h1-6H2;1-6H;1-5H;1-2H,3-5H2;1-3H2,(H,5,6);1,3H,2,4H2;2*1-3H;8*1-2H3. The van der Waals surface area contributed by atoms with Gasteiger partial charge in [0.15, 0.2) is 6.39 Å². The van der Waals surface area contributed by atoms with Crippen LogP contribution in [0.25, 0.3) is 0 Å². The number of rotatable bonds is 0. The number of carbonyl (C=O) groups is 1. The summed E-state index contributed by atoms with van der Waals surface area (Å²) >= 11 is 1.60. The summed E-state index contributed by atoms with van der Waals surface area (Å²) in [5.41, 5.74) is 1.79. The van der Waals surface area contributed by atoms with E-state index in [1.165, 1.54) is 70.4 Å². The Morgan fingerprint density at radius 3 is 1.10 bits per heavy atom. The summed E-state index contributed by atoms with van der Waals surface area (Å²) in [5.74, 6) is 0.204. The van der Waals surface area contributed by atoms with Crippen LogP contribution < -0.4 is 5.32 Å². The summed E-state index contributed by atoms with van der Waals surface area (Å²) in [5, 5.41) is 4.61. The van der Waals surface area contributed by atoms with Crippen LogP contribution in [0, 0.1) is 0 Å². The summed E-state index contributed by atoms with van der Waals surface area (Å²) in [7, 11) is 0. The molecule has 0 unspecified atom stereocenters. The van der Waals surface area contributed by atoms with Crippen molar-refractivity contribution in [2.45, 2.75) is 188 Å². The summed E-state index contributed by atoms with van der Waals surface area (Å²) in [6.07, 6.45) is 33.9. The predicted molar refractivity (Wildman–Crippen MR) is 273 cm³/mol. The van der Waals surface area contributed by atoms with Crippen LogP contribution >= 0.6 is 11.3 Å². The highest BCUT2D eigenvalue weighted by molar-refractivity contribution is 7.07. The number of allylic oxidation sites excluding steroid dienone is 2. The van der Waals surface area contributed by atoms with Gasteiger partial charge in [-0.1, -0.05) is 204 Å².